The van der Waals surface area contributed by atoms with Gasteiger partial charge in [-0.1, -0.05) is 52.9 Å². The fourth-order valence-corrected chi connectivity index (χ4v) is 4.60. The highest BCUT2D eigenvalue weighted by molar-refractivity contribution is 14.1. The Balaban J connectivity index is 1.67. The van der Waals surface area contributed by atoms with E-state index in [4.69, 9.17) is 20.4 Å². The van der Waals surface area contributed by atoms with E-state index < -0.39 is 0 Å². The van der Waals surface area contributed by atoms with Crippen molar-refractivity contribution in [3.8, 4) is 5.88 Å². The third-order valence-electron chi connectivity index (χ3n) is 5.83. The number of fused-ring (bicyclic) bond motifs is 1. The molecule has 1 saturated carbocycles. The molecule has 150 valence electrons. The van der Waals surface area contributed by atoms with Crippen molar-refractivity contribution in [1.29, 1.82) is 0 Å². The highest BCUT2D eigenvalue weighted by Crippen LogP contribution is 2.40. The molecule has 0 spiro atoms. The lowest BCUT2D eigenvalue weighted by Gasteiger charge is -2.30. The predicted octanol–water partition coefficient (Wildman–Crippen LogP) is 4.44. The third-order valence-corrected chi connectivity index (χ3v) is 6.37. The maximum absolute atomic E-state index is 6.46. The van der Waals surface area contributed by atoms with Crippen LogP contribution in [-0.4, -0.2) is 33.1 Å². The summed E-state index contributed by atoms with van der Waals surface area (Å²) in [5.74, 6) is 1.80. The Morgan fingerprint density at radius 1 is 1.07 bits per heavy atom. The molecule has 4 rings (SSSR count). The van der Waals surface area contributed by atoms with Crippen LogP contribution in [0.15, 0.2) is 30.3 Å². The van der Waals surface area contributed by atoms with Gasteiger partial charge in [0.1, 0.15) is 6.10 Å². The first-order chi connectivity index (χ1) is 13.7. The molecule has 0 aliphatic heterocycles. The van der Waals surface area contributed by atoms with Crippen molar-refractivity contribution in [2.24, 2.45) is 5.73 Å². The van der Waals surface area contributed by atoms with E-state index >= 15 is 0 Å². The van der Waals surface area contributed by atoms with Gasteiger partial charge < -0.3 is 15.8 Å². The molecule has 0 radical (unpaired) electrons. The Labute approximate surface area is 181 Å². The Hall–Kier alpha value is -1.41. The van der Waals surface area contributed by atoms with Gasteiger partial charge in [-0.3, -0.25) is 0 Å². The average Bonchev–Trinajstić information content (AvgIpc) is 2.74. The summed E-state index contributed by atoms with van der Waals surface area (Å²) in [4.78, 5) is 9.73. The number of halogens is 1. The maximum Gasteiger partial charge on any atom is 0.226 e. The molecule has 0 saturated heterocycles. The first-order valence-corrected chi connectivity index (χ1v) is 11.9. The molecule has 2 aliphatic rings. The van der Waals surface area contributed by atoms with E-state index in [0.717, 1.165) is 67.5 Å². The molecule has 1 atom stereocenters. The van der Waals surface area contributed by atoms with Gasteiger partial charge in [-0.15, -0.1) is 0 Å². The Morgan fingerprint density at radius 2 is 1.86 bits per heavy atom. The largest absolute Gasteiger partial charge is 0.474 e. The molecule has 2 aliphatic carbocycles. The summed E-state index contributed by atoms with van der Waals surface area (Å²) in [5, 5.41) is 3.37. The van der Waals surface area contributed by atoms with Gasteiger partial charge in [-0.25, -0.2) is 4.98 Å². The number of anilines is 1. The molecule has 1 aromatic heterocycles. The van der Waals surface area contributed by atoms with Crippen LogP contribution in [0.5, 0.6) is 5.88 Å². The van der Waals surface area contributed by atoms with Crippen LogP contribution in [0.1, 0.15) is 61.3 Å². The molecule has 5 nitrogen and oxygen atoms in total. The van der Waals surface area contributed by atoms with E-state index in [9.17, 15) is 0 Å². The Bertz CT molecular complexity index is 778. The number of aromatic nitrogens is 2. The monoisotopic (exact) mass is 492 g/mol. The molecule has 2 aromatic rings. The van der Waals surface area contributed by atoms with Crippen molar-refractivity contribution in [2.75, 3.05) is 16.3 Å². The number of alkyl halides is 1. The molecule has 1 unspecified atom stereocenters. The number of nitrogens with zero attached hydrogens (tertiary/aromatic N) is 2. The van der Waals surface area contributed by atoms with E-state index in [1.165, 1.54) is 11.1 Å². The second kappa shape index (κ2) is 9.39. The number of benzene rings is 1. The minimum Gasteiger partial charge on any atom is -0.474 e. The number of hydrogen-bond acceptors (Lipinski definition) is 5. The molecule has 1 fully saturated rings. The van der Waals surface area contributed by atoms with Gasteiger partial charge >= 0.3 is 0 Å². The van der Waals surface area contributed by atoms with Crippen LogP contribution in [0.25, 0.3) is 0 Å². The molecule has 1 aromatic carbocycles. The molecular formula is C22H29IN4O. The van der Waals surface area contributed by atoms with Crippen LogP contribution in [0, 0.1) is 0 Å². The minimum absolute atomic E-state index is 0.216. The lowest BCUT2D eigenvalue weighted by atomic mass is 9.82. The topological polar surface area (TPSA) is 73.1 Å². The zero-order valence-corrected chi connectivity index (χ0v) is 18.4. The molecule has 0 amide bonds. The molecular weight excluding hydrogens is 463 g/mol. The van der Waals surface area contributed by atoms with Crippen molar-refractivity contribution >= 4 is 28.5 Å². The highest BCUT2D eigenvalue weighted by atomic mass is 127. The maximum atomic E-state index is 6.46. The van der Waals surface area contributed by atoms with Crippen molar-refractivity contribution < 1.29 is 4.74 Å². The van der Waals surface area contributed by atoms with Gasteiger partial charge in [0.15, 0.2) is 0 Å². The van der Waals surface area contributed by atoms with E-state index in [1.54, 1.807) is 0 Å². The van der Waals surface area contributed by atoms with E-state index in [1.807, 2.05) is 0 Å². The van der Waals surface area contributed by atoms with Crippen molar-refractivity contribution in [3.05, 3.63) is 47.2 Å². The summed E-state index contributed by atoms with van der Waals surface area (Å²) in [6, 6.07) is 11.0. The fourth-order valence-electron chi connectivity index (χ4n) is 4.33. The summed E-state index contributed by atoms with van der Waals surface area (Å²) in [7, 11) is 0. The summed E-state index contributed by atoms with van der Waals surface area (Å²) in [6.07, 6.45) is 7.56. The van der Waals surface area contributed by atoms with Crippen LogP contribution in [-0.2, 0) is 6.42 Å². The highest BCUT2D eigenvalue weighted by Gasteiger charge is 2.29. The van der Waals surface area contributed by atoms with Crippen molar-refractivity contribution in [2.45, 2.75) is 63.0 Å². The second-order valence-electron chi connectivity index (χ2n) is 7.84. The first kappa shape index (κ1) is 19.9. The van der Waals surface area contributed by atoms with Crippen LogP contribution in [0.3, 0.4) is 0 Å². The number of ether oxygens (including phenoxy) is 1. The minimum atomic E-state index is 0.216. The first-order valence-electron chi connectivity index (χ1n) is 10.4. The Morgan fingerprint density at radius 3 is 2.61 bits per heavy atom. The van der Waals surface area contributed by atoms with Gasteiger partial charge in [0.05, 0.1) is 5.69 Å². The third kappa shape index (κ3) is 4.59. The second-order valence-corrected chi connectivity index (χ2v) is 8.92. The number of nitrogens with two attached hydrogens (primary N) is 1. The van der Waals surface area contributed by atoms with E-state index in [0.29, 0.717) is 17.9 Å². The summed E-state index contributed by atoms with van der Waals surface area (Å²) < 4.78 is 7.47. The van der Waals surface area contributed by atoms with Gasteiger partial charge in [0.25, 0.3) is 0 Å². The van der Waals surface area contributed by atoms with Gasteiger partial charge in [-0.05, 0) is 50.5 Å². The number of rotatable bonds is 6. The van der Waals surface area contributed by atoms with Gasteiger partial charge in [0, 0.05) is 28.5 Å². The lowest BCUT2D eigenvalue weighted by molar-refractivity contribution is 0.139. The lowest BCUT2D eigenvalue weighted by Crippen LogP contribution is -2.32. The Kier molecular flexibility index (Phi) is 6.67. The number of nitrogens with one attached hydrogen (secondary N) is 1. The smallest absolute Gasteiger partial charge is 0.226 e. The molecule has 28 heavy (non-hydrogen) atoms. The molecule has 6 heteroatoms. The summed E-state index contributed by atoms with van der Waals surface area (Å²) >= 11 is 2.36. The van der Waals surface area contributed by atoms with Crippen LogP contribution >= 0.6 is 22.6 Å². The predicted molar refractivity (Wildman–Crippen MR) is 121 cm³/mol. The van der Waals surface area contributed by atoms with Gasteiger partial charge in [0.2, 0.25) is 11.8 Å². The molecule has 3 N–H and O–H groups in total. The number of hydrogen-bond donors (Lipinski definition) is 2. The standard InChI is InChI=1S/C22H29IN4O/c23-13-14-25-22-26-20-18(15-5-2-1-3-6-15)7-4-8-19(20)21(27-22)28-17-11-9-16(24)10-12-17/h1-3,5-6,16-18H,4,7-14,24H2,(H,25,26,27)/t16-,17+,18?. The molecule has 0 bridgehead atoms. The summed E-state index contributed by atoms with van der Waals surface area (Å²) in [6.45, 7) is 0.854. The quantitative estimate of drug-likeness (QED) is 0.461. The van der Waals surface area contributed by atoms with Crippen LogP contribution < -0.4 is 15.8 Å². The summed E-state index contributed by atoms with van der Waals surface area (Å²) in [5.41, 5.74) is 9.75. The zero-order chi connectivity index (χ0) is 19.3. The van der Waals surface area contributed by atoms with E-state index in [2.05, 4.69) is 58.2 Å². The van der Waals surface area contributed by atoms with Crippen LogP contribution in [0.4, 0.5) is 5.95 Å². The molecule has 1 heterocycles. The van der Waals surface area contributed by atoms with Gasteiger partial charge in [-0.2, -0.15) is 4.98 Å². The van der Waals surface area contributed by atoms with E-state index in [-0.39, 0.29) is 6.10 Å². The van der Waals surface area contributed by atoms with Crippen molar-refractivity contribution in [3.63, 3.8) is 0 Å². The van der Waals surface area contributed by atoms with Crippen LogP contribution in [0.2, 0.25) is 0 Å². The SMILES string of the molecule is N[C@H]1CC[C@@H](Oc2nc(NCCI)nc3c2CCCC3c2ccccc2)CC1. The fraction of sp³-hybridized carbons (Fsp3) is 0.545. The normalized spacial score (nSPS) is 24.4. The average molecular weight is 492 g/mol. The van der Waals surface area contributed by atoms with Crippen molar-refractivity contribution in [1.82, 2.24) is 9.97 Å². The zero-order valence-electron chi connectivity index (χ0n) is 16.2.